The number of phenolic OH excluding ortho intramolecular Hbond substituents is 1. The van der Waals surface area contributed by atoms with E-state index in [1.807, 2.05) is 13.8 Å². The van der Waals surface area contributed by atoms with Crippen molar-refractivity contribution in [2.45, 2.75) is 31.1 Å². The zero-order valence-corrected chi connectivity index (χ0v) is 13.7. The van der Waals surface area contributed by atoms with Crippen LogP contribution in [-0.2, 0) is 10.1 Å². The summed E-state index contributed by atoms with van der Waals surface area (Å²) in [5.74, 6) is 0.440. The number of phenols is 1. The molecule has 0 aromatic heterocycles. The molecule has 0 aliphatic rings. The summed E-state index contributed by atoms with van der Waals surface area (Å²) in [5, 5.41) is 18.0. The van der Waals surface area contributed by atoms with Gasteiger partial charge in [-0.15, -0.1) is 0 Å². The van der Waals surface area contributed by atoms with E-state index in [4.69, 9.17) is 4.55 Å². The van der Waals surface area contributed by atoms with Crippen molar-refractivity contribution in [1.29, 1.82) is 0 Å². The molecule has 2 N–H and O–H groups in total. The van der Waals surface area contributed by atoms with Crippen molar-refractivity contribution < 1.29 is 18.1 Å². The van der Waals surface area contributed by atoms with E-state index in [1.54, 1.807) is 18.2 Å². The Morgan fingerprint density at radius 1 is 1.04 bits per heavy atom. The molecular formula is C16H18N2O4S. The maximum Gasteiger partial charge on any atom is 0.294 e. The molecule has 1 atom stereocenters. The number of hydrogen-bond acceptors (Lipinski definition) is 5. The lowest BCUT2D eigenvalue weighted by Gasteiger charge is -2.11. The van der Waals surface area contributed by atoms with Gasteiger partial charge in [-0.25, -0.2) is 0 Å². The van der Waals surface area contributed by atoms with Crippen LogP contribution in [0.25, 0.3) is 0 Å². The molecular weight excluding hydrogens is 316 g/mol. The SMILES string of the molecule is CCC(C)c1cc(/N=N/c2ccc(S(=O)(=O)O)cc2)ccc1O. The quantitative estimate of drug-likeness (QED) is 0.618. The number of azo groups is 1. The fourth-order valence-electron chi connectivity index (χ4n) is 2.02. The van der Waals surface area contributed by atoms with E-state index in [2.05, 4.69) is 10.2 Å². The van der Waals surface area contributed by atoms with Crippen LogP contribution >= 0.6 is 0 Å². The summed E-state index contributed by atoms with van der Waals surface area (Å²) in [5.41, 5.74) is 1.86. The topological polar surface area (TPSA) is 99.3 Å². The van der Waals surface area contributed by atoms with Gasteiger partial charge in [0.05, 0.1) is 16.3 Å². The molecule has 2 aromatic rings. The minimum Gasteiger partial charge on any atom is -0.508 e. The van der Waals surface area contributed by atoms with Crippen LogP contribution in [0, 0.1) is 0 Å². The second kappa shape index (κ2) is 6.89. The fraction of sp³-hybridized carbons (Fsp3) is 0.250. The minimum atomic E-state index is -4.21. The summed E-state index contributed by atoms with van der Waals surface area (Å²) in [4.78, 5) is -0.194. The average molecular weight is 334 g/mol. The first-order valence-corrected chi connectivity index (χ1v) is 8.57. The maximum absolute atomic E-state index is 11.0. The van der Waals surface area contributed by atoms with Gasteiger partial charge in [-0.05, 0) is 60.4 Å². The Hall–Kier alpha value is -2.25. The van der Waals surface area contributed by atoms with Crippen molar-refractivity contribution in [3.8, 4) is 5.75 Å². The van der Waals surface area contributed by atoms with Crippen LogP contribution < -0.4 is 0 Å². The van der Waals surface area contributed by atoms with E-state index in [9.17, 15) is 13.5 Å². The normalized spacial score (nSPS) is 13.3. The van der Waals surface area contributed by atoms with Crippen molar-refractivity contribution >= 4 is 21.5 Å². The molecule has 0 aliphatic carbocycles. The molecule has 0 bridgehead atoms. The average Bonchev–Trinajstić information content (AvgIpc) is 2.53. The molecule has 0 aliphatic heterocycles. The predicted molar refractivity (Wildman–Crippen MR) is 87.2 cm³/mol. The van der Waals surface area contributed by atoms with Crippen LogP contribution in [0.3, 0.4) is 0 Å². The first-order valence-electron chi connectivity index (χ1n) is 7.13. The first kappa shape index (κ1) is 17.1. The highest BCUT2D eigenvalue weighted by atomic mass is 32.2. The summed E-state index contributed by atoms with van der Waals surface area (Å²) in [6.07, 6.45) is 0.894. The van der Waals surface area contributed by atoms with Gasteiger partial charge >= 0.3 is 0 Å². The third kappa shape index (κ3) is 4.37. The molecule has 0 spiro atoms. The van der Waals surface area contributed by atoms with E-state index in [1.165, 1.54) is 24.3 Å². The molecule has 0 heterocycles. The fourth-order valence-corrected chi connectivity index (χ4v) is 2.50. The van der Waals surface area contributed by atoms with Crippen LogP contribution in [0.15, 0.2) is 57.6 Å². The monoisotopic (exact) mass is 334 g/mol. The summed E-state index contributed by atoms with van der Waals surface area (Å²) < 4.78 is 30.8. The second-order valence-electron chi connectivity index (χ2n) is 5.22. The van der Waals surface area contributed by atoms with Gasteiger partial charge in [-0.3, -0.25) is 4.55 Å². The van der Waals surface area contributed by atoms with E-state index >= 15 is 0 Å². The summed E-state index contributed by atoms with van der Waals surface area (Å²) in [7, 11) is -4.21. The van der Waals surface area contributed by atoms with E-state index < -0.39 is 10.1 Å². The number of aromatic hydroxyl groups is 1. The van der Waals surface area contributed by atoms with Crippen LogP contribution in [0.2, 0.25) is 0 Å². The largest absolute Gasteiger partial charge is 0.508 e. The Labute approximate surface area is 135 Å². The Morgan fingerprint density at radius 2 is 1.61 bits per heavy atom. The number of benzene rings is 2. The van der Waals surface area contributed by atoms with Gasteiger partial charge in [-0.2, -0.15) is 18.6 Å². The van der Waals surface area contributed by atoms with Crippen molar-refractivity contribution in [1.82, 2.24) is 0 Å². The molecule has 7 heteroatoms. The Morgan fingerprint density at radius 3 is 2.17 bits per heavy atom. The molecule has 1 unspecified atom stereocenters. The Balaban J connectivity index is 2.23. The third-order valence-electron chi connectivity index (χ3n) is 3.57. The van der Waals surface area contributed by atoms with E-state index in [-0.39, 0.29) is 16.6 Å². The predicted octanol–water partition coefficient (Wildman–Crippen LogP) is 4.57. The molecule has 2 aromatic carbocycles. The van der Waals surface area contributed by atoms with Crippen molar-refractivity contribution in [3.05, 3.63) is 48.0 Å². The number of nitrogens with zero attached hydrogens (tertiary/aromatic N) is 2. The smallest absolute Gasteiger partial charge is 0.294 e. The van der Waals surface area contributed by atoms with Crippen molar-refractivity contribution in [3.63, 3.8) is 0 Å². The van der Waals surface area contributed by atoms with E-state index in [0.717, 1.165) is 12.0 Å². The van der Waals surface area contributed by atoms with Crippen LogP contribution in [-0.4, -0.2) is 18.1 Å². The van der Waals surface area contributed by atoms with Gasteiger partial charge in [0.2, 0.25) is 0 Å². The van der Waals surface area contributed by atoms with Gasteiger partial charge in [-0.1, -0.05) is 13.8 Å². The molecule has 6 nitrogen and oxygen atoms in total. The zero-order valence-electron chi connectivity index (χ0n) is 12.8. The summed E-state index contributed by atoms with van der Waals surface area (Å²) in [6, 6.07) is 10.4. The van der Waals surface area contributed by atoms with Crippen LogP contribution in [0.5, 0.6) is 5.75 Å². The number of hydrogen-bond donors (Lipinski definition) is 2. The lowest BCUT2D eigenvalue weighted by atomic mass is 9.97. The summed E-state index contributed by atoms with van der Waals surface area (Å²) in [6.45, 7) is 4.05. The second-order valence-corrected chi connectivity index (χ2v) is 6.64. The van der Waals surface area contributed by atoms with Gasteiger partial charge < -0.3 is 5.11 Å². The lowest BCUT2D eigenvalue weighted by molar-refractivity contribution is 0.462. The molecule has 0 amide bonds. The summed E-state index contributed by atoms with van der Waals surface area (Å²) >= 11 is 0. The molecule has 23 heavy (non-hydrogen) atoms. The number of rotatable bonds is 5. The third-order valence-corrected chi connectivity index (χ3v) is 4.44. The molecule has 0 radical (unpaired) electrons. The maximum atomic E-state index is 11.0. The highest BCUT2D eigenvalue weighted by molar-refractivity contribution is 7.85. The van der Waals surface area contributed by atoms with Crippen molar-refractivity contribution in [2.75, 3.05) is 0 Å². The highest BCUT2D eigenvalue weighted by Gasteiger charge is 2.10. The van der Waals surface area contributed by atoms with Gasteiger partial charge in [0.25, 0.3) is 10.1 Å². The standard InChI is InChI=1S/C16H18N2O4S/c1-3-11(2)15-10-13(6-9-16(15)19)18-17-12-4-7-14(8-5-12)23(20,21)22/h4-11,19H,3H2,1-2H3,(H,20,21,22)/b18-17+. The molecule has 0 saturated carbocycles. The van der Waals surface area contributed by atoms with Crippen LogP contribution in [0.4, 0.5) is 11.4 Å². The van der Waals surface area contributed by atoms with Crippen molar-refractivity contribution in [2.24, 2.45) is 10.2 Å². The van der Waals surface area contributed by atoms with Gasteiger partial charge in [0, 0.05) is 0 Å². The molecule has 122 valence electrons. The highest BCUT2D eigenvalue weighted by Crippen LogP contribution is 2.32. The molecule has 0 fully saturated rings. The van der Waals surface area contributed by atoms with Crippen LogP contribution in [0.1, 0.15) is 31.7 Å². The first-order chi connectivity index (χ1) is 10.8. The van der Waals surface area contributed by atoms with Gasteiger partial charge in [0.15, 0.2) is 0 Å². The van der Waals surface area contributed by atoms with E-state index in [0.29, 0.717) is 11.4 Å². The minimum absolute atomic E-state index is 0.194. The Kier molecular flexibility index (Phi) is 5.12. The molecule has 0 saturated heterocycles. The Bertz CT molecular complexity index is 814. The lowest BCUT2D eigenvalue weighted by Crippen LogP contribution is -1.96. The molecule has 2 rings (SSSR count). The zero-order chi connectivity index (χ0) is 17.0. The van der Waals surface area contributed by atoms with Gasteiger partial charge in [0.1, 0.15) is 5.75 Å².